The number of rotatable bonds is 5. The lowest BCUT2D eigenvalue weighted by Crippen LogP contribution is -2.43. The van der Waals surface area contributed by atoms with Crippen LogP contribution in [0.1, 0.15) is 49.9 Å². The summed E-state index contributed by atoms with van der Waals surface area (Å²) in [5.74, 6) is 0.294. The highest BCUT2D eigenvalue weighted by molar-refractivity contribution is 5.96. The third kappa shape index (κ3) is 4.06. The predicted octanol–water partition coefficient (Wildman–Crippen LogP) is 3.09. The Kier molecular flexibility index (Phi) is 5.37. The van der Waals surface area contributed by atoms with Gasteiger partial charge in [0.05, 0.1) is 0 Å². The summed E-state index contributed by atoms with van der Waals surface area (Å²) < 4.78 is 0. The molecule has 1 unspecified atom stereocenters. The van der Waals surface area contributed by atoms with Gasteiger partial charge in [-0.1, -0.05) is 6.92 Å². The van der Waals surface area contributed by atoms with Gasteiger partial charge < -0.3 is 10.2 Å². The molecule has 1 aliphatic rings. The van der Waals surface area contributed by atoms with E-state index < -0.39 is 0 Å². The minimum absolute atomic E-state index is 0.138. The van der Waals surface area contributed by atoms with E-state index in [1.807, 2.05) is 43.0 Å². The summed E-state index contributed by atoms with van der Waals surface area (Å²) in [6.07, 6.45) is 3.94. The van der Waals surface area contributed by atoms with Crippen molar-refractivity contribution in [3.63, 3.8) is 0 Å². The first-order chi connectivity index (χ1) is 10.1. The molecular weight excluding hydrogens is 264 g/mol. The molecule has 114 valence electrons. The van der Waals surface area contributed by atoms with Crippen LogP contribution >= 0.6 is 0 Å². The lowest BCUT2D eigenvalue weighted by Gasteiger charge is -2.29. The summed E-state index contributed by atoms with van der Waals surface area (Å²) >= 11 is 0. The highest BCUT2D eigenvalue weighted by Gasteiger charge is 2.21. The van der Waals surface area contributed by atoms with Crippen LogP contribution in [-0.2, 0) is 4.79 Å². The van der Waals surface area contributed by atoms with Gasteiger partial charge in [-0.15, -0.1) is 0 Å². The van der Waals surface area contributed by atoms with Gasteiger partial charge in [0.15, 0.2) is 5.78 Å². The van der Waals surface area contributed by atoms with E-state index in [-0.39, 0.29) is 17.7 Å². The first-order valence-electron chi connectivity index (χ1n) is 7.80. The van der Waals surface area contributed by atoms with E-state index in [1.54, 1.807) is 0 Å². The Bertz CT molecular complexity index is 490. The third-order valence-electron chi connectivity index (χ3n) is 3.95. The van der Waals surface area contributed by atoms with Crippen molar-refractivity contribution in [1.29, 1.82) is 0 Å². The third-order valence-corrected chi connectivity index (χ3v) is 3.95. The zero-order valence-electron chi connectivity index (χ0n) is 12.9. The number of carbonyl (C=O) groups is 2. The molecule has 1 fully saturated rings. The number of hydrogen-bond donors (Lipinski definition) is 1. The van der Waals surface area contributed by atoms with Crippen LogP contribution in [0.4, 0.5) is 5.69 Å². The molecule has 1 heterocycles. The molecule has 0 saturated carbocycles. The van der Waals surface area contributed by atoms with Gasteiger partial charge in [0.1, 0.15) is 6.04 Å². The molecule has 1 aromatic carbocycles. The molecule has 4 nitrogen and oxygen atoms in total. The number of anilines is 1. The predicted molar refractivity (Wildman–Crippen MR) is 84.6 cm³/mol. The summed E-state index contributed by atoms with van der Waals surface area (Å²) in [5, 5.41) is 3.22. The maximum Gasteiger partial charge on any atom is 0.244 e. The van der Waals surface area contributed by atoms with Gasteiger partial charge in [0.25, 0.3) is 0 Å². The van der Waals surface area contributed by atoms with Crippen molar-refractivity contribution in [2.45, 2.75) is 45.6 Å². The average Bonchev–Trinajstić information content (AvgIpc) is 2.55. The van der Waals surface area contributed by atoms with Gasteiger partial charge in [0.2, 0.25) is 5.91 Å². The monoisotopic (exact) mass is 288 g/mol. The van der Waals surface area contributed by atoms with Crippen molar-refractivity contribution in [2.24, 2.45) is 0 Å². The van der Waals surface area contributed by atoms with Gasteiger partial charge in [-0.3, -0.25) is 9.59 Å². The van der Waals surface area contributed by atoms with Crippen molar-refractivity contribution in [1.82, 2.24) is 4.90 Å². The van der Waals surface area contributed by atoms with E-state index in [4.69, 9.17) is 0 Å². The fourth-order valence-corrected chi connectivity index (χ4v) is 2.66. The van der Waals surface area contributed by atoms with E-state index in [2.05, 4.69) is 5.32 Å². The highest BCUT2D eigenvalue weighted by atomic mass is 16.2. The van der Waals surface area contributed by atoms with Gasteiger partial charge in [-0.2, -0.15) is 0 Å². The van der Waals surface area contributed by atoms with E-state index in [0.29, 0.717) is 6.42 Å². The molecule has 1 aliphatic heterocycles. The second-order valence-electron chi connectivity index (χ2n) is 5.61. The number of nitrogens with zero attached hydrogens (tertiary/aromatic N) is 1. The molecule has 0 aromatic heterocycles. The quantitative estimate of drug-likeness (QED) is 0.847. The summed E-state index contributed by atoms with van der Waals surface area (Å²) in [7, 11) is 0. The number of ketones is 1. The van der Waals surface area contributed by atoms with Gasteiger partial charge in [-0.05, 0) is 50.5 Å². The van der Waals surface area contributed by atoms with Crippen molar-refractivity contribution in [3.05, 3.63) is 29.8 Å². The zero-order chi connectivity index (χ0) is 15.2. The van der Waals surface area contributed by atoms with Crippen LogP contribution in [0.15, 0.2) is 24.3 Å². The number of Topliss-reactive ketones (excluding diaryl/α,β-unsaturated/α-hetero) is 1. The molecular formula is C17H24N2O2. The van der Waals surface area contributed by atoms with E-state index in [1.165, 1.54) is 6.42 Å². The minimum Gasteiger partial charge on any atom is -0.374 e. The Labute approximate surface area is 126 Å². The van der Waals surface area contributed by atoms with Crippen LogP contribution in [0.3, 0.4) is 0 Å². The van der Waals surface area contributed by atoms with E-state index in [9.17, 15) is 9.59 Å². The molecule has 0 radical (unpaired) electrons. The molecule has 0 spiro atoms. The topological polar surface area (TPSA) is 49.4 Å². The summed E-state index contributed by atoms with van der Waals surface area (Å²) in [6, 6.07) is 7.11. The number of likely N-dealkylation sites (tertiary alicyclic amines) is 1. The fourth-order valence-electron chi connectivity index (χ4n) is 2.66. The van der Waals surface area contributed by atoms with Crippen LogP contribution in [0.2, 0.25) is 0 Å². The zero-order valence-corrected chi connectivity index (χ0v) is 12.9. The van der Waals surface area contributed by atoms with Gasteiger partial charge >= 0.3 is 0 Å². The smallest absolute Gasteiger partial charge is 0.244 e. The Morgan fingerprint density at radius 2 is 1.76 bits per heavy atom. The number of piperidine rings is 1. The molecule has 1 N–H and O–H groups in total. The molecule has 4 heteroatoms. The van der Waals surface area contributed by atoms with Gasteiger partial charge in [0, 0.05) is 30.8 Å². The molecule has 1 amide bonds. The van der Waals surface area contributed by atoms with Crippen molar-refractivity contribution in [2.75, 3.05) is 18.4 Å². The van der Waals surface area contributed by atoms with Crippen molar-refractivity contribution < 1.29 is 9.59 Å². The summed E-state index contributed by atoms with van der Waals surface area (Å²) in [6.45, 7) is 5.49. The number of benzene rings is 1. The number of carbonyl (C=O) groups excluding carboxylic acids is 2. The normalized spacial score (nSPS) is 16.4. The molecule has 21 heavy (non-hydrogen) atoms. The molecule has 0 aliphatic carbocycles. The van der Waals surface area contributed by atoms with Crippen LogP contribution in [-0.4, -0.2) is 35.7 Å². The first kappa shape index (κ1) is 15.5. The Morgan fingerprint density at radius 3 is 2.33 bits per heavy atom. The minimum atomic E-state index is -0.240. The van der Waals surface area contributed by atoms with Crippen LogP contribution in [0, 0.1) is 0 Å². The fraction of sp³-hybridized carbons (Fsp3) is 0.529. The first-order valence-corrected chi connectivity index (χ1v) is 7.80. The molecule has 1 saturated heterocycles. The summed E-state index contributed by atoms with van der Waals surface area (Å²) in [4.78, 5) is 25.9. The lowest BCUT2D eigenvalue weighted by molar-refractivity contribution is -0.132. The Morgan fingerprint density at radius 1 is 1.14 bits per heavy atom. The maximum absolute atomic E-state index is 12.3. The lowest BCUT2D eigenvalue weighted by atomic mass is 10.1. The van der Waals surface area contributed by atoms with Crippen LogP contribution < -0.4 is 5.32 Å². The largest absolute Gasteiger partial charge is 0.374 e. The SMILES string of the molecule is CCC(=O)c1ccc(NC(C)C(=O)N2CCCCC2)cc1. The maximum atomic E-state index is 12.3. The molecule has 1 aromatic rings. The van der Waals surface area contributed by atoms with Gasteiger partial charge in [-0.25, -0.2) is 0 Å². The highest BCUT2D eigenvalue weighted by Crippen LogP contribution is 2.15. The van der Waals surface area contributed by atoms with Crippen molar-refractivity contribution in [3.8, 4) is 0 Å². The van der Waals surface area contributed by atoms with Crippen LogP contribution in [0.25, 0.3) is 0 Å². The second kappa shape index (κ2) is 7.25. The standard InChI is InChI=1S/C17H24N2O2/c1-3-16(20)14-7-9-15(10-8-14)18-13(2)17(21)19-11-5-4-6-12-19/h7-10,13,18H,3-6,11-12H2,1-2H3. The molecule has 2 rings (SSSR count). The van der Waals surface area contributed by atoms with E-state index >= 15 is 0 Å². The summed E-state index contributed by atoms with van der Waals surface area (Å²) in [5.41, 5.74) is 1.60. The molecule has 0 bridgehead atoms. The Balaban J connectivity index is 1.93. The van der Waals surface area contributed by atoms with E-state index in [0.717, 1.165) is 37.2 Å². The average molecular weight is 288 g/mol. The number of amides is 1. The Hall–Kier alpha value is -1.84. The van der Waals surface area contributed by atoms with Crippen molar-refractivity contribution >= 4 is 17.4 Å². The number of nitrogens with one attached hydrogen (secondary N) is 1. The van der Waals surface area contributed by atoms with Crippen LogP contribution in [0.5, 0.6) is 0 Å². The second-order valence-corrected chi connectivity index (χ2v) is 5.61. The number of hydrogen-bond acceptors (Lipinski definition) is 3. The molecule has 1 atom stereocenters.